The summed E-state index contributed by atoms with van der Waals surface area (Å²) in [4.78, 5) is 38.1. The topological polar surface area (TPSA) is 78.9 Å². The van der Waals surface area contributed by atoms with Gasteiger partial charge in [0.15, 0.2) is 6.10 Å². The van der Waals surface area contributed by atoms with Gasteiger partial charge >= 0.3 is 17.9 Å². The van der Waals surface area contributed by atoms with Crippen molar-refractivity contribution < 1.29 is 28.6 Å². The number of esters is 3. The summed E-state index contributed by atoms with van der Waals surface area (Å²) in [6, 6.07) is 0. The maximum Gasteiger partial charge on any atom is 0.306 e. The SMILES string of the molecule is CC/C=C\C/C=C\C/C=C\C/C=C\CCCCCCCCCCCCCCCCCCCCC(=O)OCC(COC(=O)CCCCCCCCCCCC)OC(=O)CCCCCCCCCCCCCCCC. The number of rotatable bonds is 59. The standard InChI is InChI=1S/C67H122O6/c1-4-7-10-13-16-19-22-24-26-27-28-29-30-31-32-33-34-35-36-37-38-39-40-41-42-44-45-48-51-54-57-60-66(69)72-63-64(62-71-65(68)59-56-53-50-47-21-18-15-12-9-6-3)73-67(70)61-58-55-52-49-46-43-25-23-20-17-14-11-8-5-2/h7,10,16,19,24,26,28-29,64H,4-6,8-9,11-15,17-18,20-23,25,27,30-63H2,1-3H3/b10-7-,19-16-,26-24-,29-28-. The van der Waals surface area contributed by atoms with Crippen molar-refractivity contribution in [1.29, 1.82) is 0 Å². The first-order valence-electron chi connectivity index (χ1n) is 32.1. The highest BCUT2D eigenvalue weighted by Crippen LogP contribution is 2.18. The van der Waals surface area contributed by atoms with Crippen LogP contribution in [-0.4, -0.2) is 37.2 Å². The fraction of sp³-hybridized carbons (Fsp3) is 0.836. The Morgan fingerprint density at radius 2 is 0.534 bits per heavy atom. The maximum absolute atomic E-state index is 12.8. The van der Waals surface area contributed by atoms with Crippen molar-refractivity contribution in [2.45, 2.75) is 348 Å². The van der Waals surface area contributed by atoms with E-state index in [1.54, 1.807) is 0 Å². The van der Waals surface area contributed by atoms with Crippen molar-refractivity contribution in [1.82, 2.24) is 0 Å². The molecule has 0 aliphatic carbocycles. The molecule has 0 amide bonds. The molecule has 0 spiro atoms. The third-order valence-corrected chi connectivity index (χ3v) is 14.3. The predicted molar refractivity (Wildman–Crippen MR) is 316 cm³/mol. The Balaban J connectivity index is 4.06. The molecule has 0 fully saturated rings. The fourth-order valence-electron chi connectivity index (χ4n) is 9.56. The van der Waals surface area contributed by atoms with Gasteiger partial charge in [-0.05, 0) is 57.8 Å². The number of hydrogen-bond donors (Lipinski definition) is 0. The largest absolute Gasteiger partial charge is 0.462 e. The van der Waals surface area contributed by atoms with Crippen LogP contribution in [0.15, 0.2) is 48.6 Å². The molecule has 0 aromatic rings. The molecule has 0 aromatic carbocycles. The van der Waals surface area contributed by atoms with Crippen molar-refractivity contribution in [2.75, 3.05) is 13.2 Å². The highest BCUT2D eigenvalue weighted by Gasteiger charge is 2.19. The summed E-state index contributed by atoms with van der Waals surface area (Å²) in [5.41, 5.74) is 0. The summed E-state index contributed by atoms with van der Waals surface area (Å²) >= 11 is 0. The molecule has 73 heavy (non-hydrogen) atoms. The van der Waals surface area contributed by atoms with Gasteiger partial charge in [0.2, 0.25) is 0 Å². The molecule has 1 atom stereocenters. The van der Waals surface area contributed by atoms with Gasteiger partial charge in [0, 0.05) is 19.3 Å². The second kappa shape index (κ2) is 61.9. The van der Waals surface area contributed by atoms with E-state index < -0.39 is 6.10 Å². The predicted octanol–water partition coefficient (Wildman–Crippen LogP) is 21.8. The quantitative estimate of drug-likeness (QED) is 0.0261. The lowest BCUT2D eigenvalue weighted by Crippen LogP contribution is -2.30. The summed E-state index contributed by atoms with van der Waals surface area (Å²) in [6.45, 7) is 6.56. The number of carbonyl (C=O) groups is 3. The third-order valence-electron chi connectivity index (χ3n) is 14.3. The number of unbranched alkanes of at least 4 members (excludes halogenated alkanes) is 40. The number of allylic oxidation sites excluding steroid dienone is 8. The molecule has 0 radical (unpaired) electrons. The molecule has 0 heterocycles. The molecule has 0 rings (SSSR count). The van der Waals surface area contributed by atoms with Crippen LogP contribution in [0.2, 0.25) is 0 Å². The summed E-state index contributed by atoms with van der Waals surface area (Å²) in [5, 5.41) is 0. The van der Waals surface area contributed by atoms with E-state index in [2.05, 4.69) is 69.4 Å². The Morgan fingerprint density at radius 3 is 0.836 bits per heavy atom. The number of ether oxygens (including phenoxy) is 3. The van der Waals surface area contributed by atoms with E-state index in [0.717, 1.165) is 83.5 Å². The molecule has 0 saturated carbocycles. The van der Waals surface area contributed by atoms with Crippen molar-refractivity contribution in [2.24, 2.45) is 0 Å². The average molecular weight is 1020 g/mol. The van der Waals surface area contributed by atoms with Gasteiger partial charge in [-0.3, -0.25) is 14.4 Å². The second-order valence-corrected chi connectivity index (χ2v) is 21.7. The lowest BCUT2D eigenvalue weighted by molar-refractivity contribution is -0.167. The van der Waals surface area contributed by atoms with Crippen LogP contribution in [0.3, 0.4) is 0 Å². The monoisotopic (exact) mass is 1020 g/mol. The third kappa shape index (κ3) is 60.1. The molecule has 0 aromatic heterocycles. The summed E-state index contributed by atoms with van der Waals surface area (Å²) in [5.74, 6) is -0.845. The van der Waals surface area contributed by atoms with Gasteiger partial charge in [-0.1, -0.05) is 313 Å². The van der Waals surface area contributed by atoms with Gasteiger partial charge in [0.25, 0.3) is 0 Å². The minimum atomic E-state index is -0.766. The van der Waals surface area contributed by atoms with Crippen LogP contribution >= 0.6 is 0 Å². The lowest BCUT2D eigenvalue weighted by atomic mass is 10.0. The molecule has 0 aliphatic heterocycles. The Labute approximate surface area is 454 Å². The van der Waals surface area contributed by atoms with Crippen molar-refractivity contribution in [3.05, 3.63) is 48.6 Å². The van der Waals surface area contributed by atoms with Gasteiger partial charge in [-0.25, -0.2) is 0 Å². The van der Waals surface area contributed by atoms with Crippen LogP contribution in [0.5, 0.6) is 0 Å². The van der Waals surface area contributed by atoms with Crippen molar-refractivity contribution >= 4 is 17.9 Å². The van der Waals surface area contributed by atoms with Crippen LogP contribution in [-0.2, 0) is 28.6 Å². The highest BCUT2D eigenvalue weighted by molar-refractivity contribution is 5.71. The zero-order valence-corrected chi connectivity index (χ0v) is 48.9. The maximum atomic E-state index is 12.8. The van der Waals surface area contributed by atoms with Gasteiger partial charge in [-0.2, -0.15) is 0 Å². The first-order chi connectivity index (χ1) is 36.0. The van der Waals surface area contributed by atoms with Gasteiger partial charge < -0.3 is 14.2 Å². The highest BCUT2D eigenvalue weighted by atomic mass is 16.6. The Bertz CT molecular complexity index is 1270. The molecule has 0 aliphatic rings. The van der Waals surface area contributed by atoms with Gasteiger partial charge in [-0.15, -0.1) is 0 Å². The molecule has 1 unspecified atom stereocenters. The van der Waals surface area contributed by atoms with Gasteiger partial charge in [0.05, 0.1) is 0 Å². The van der Waals surface area contributed by atoms with Crippen LogP contribution in [0.1, 0.15) is 342 Å². The minimum Gasteiger partial charge on any atom is -0.462 e. The molecular formula is C67H122O6. The molecule has 0 saturated heterocycles. The first-order valence-corrected chi connectivity index (χ1v) is 32.1. The molecular weight excluding hydrogens is 901 g/mol. The molecule has 426 valence electrons. The van der Waals surface area contributed by atoms with Crippen LogP contribution < -0.4 is 0 Å². The van der Waals surface area contributed by atoms with E-state index in [4.69, 9.17) is 14.2 Å². The van der Waals surface area contributed by atoms with Gasteiger partial charge in [0.1, 0.15) is 13.2 Å². The van der Waals surface area contributed by atoms with E-state index >= 15 is 0 Å². The minimum absolute atomic E-state index is 0.0658. The molecule has 6 nitrogen and oxygen atoms in total. The number of carbonyl (C=O) groups excluding carboxylic acids is 3. The fourth-order valence-corrected chi connectivity index (χ4v) is 9.56. The molecule has 0 bridgehead atoms. The van der Waals surface area contributed by atoms with Crippen molar-refractivity contribution in [3.8, 4) is 0 Å². The first kappa shape index (κ1) is 70.4. The zero-order chi connectivity index (χ0) is 52.9. The normalized spacial score (nSPS) is 12.3. The van der Waals surface area contributed by atoms with E-state index in [-0.39, 0.29) is 31.1 Å². The molecule has 0 N–H and O–H groups in total. The second-order valence-electron chi connectivity index (χ2n) is 21.7. The van der Waals surface area contributed by atoms with Crippen LogP contribution in [0.4, 0.5) is 0 Å². The lowest BCUT2D eigenvalue weighted by Gasteiger charge is -2.18. The Hall–Kier alpha value is -2.63. The average Bonchev–Trinajstić information content (AvgIpc) is 3.39. The molecule has 6 heteroatoms. The Morgan fingerprint density at radius 1 is 0.288 bits per heavy atom. The van der Waals surface area contributed by atoms with E-state index in [1.807, 2.05) is 0 Å². The van der Waals surface area contributed by atoms with E-state index in [1.165, 1.54) is 218 Å². The van der Waals surface area contributed by atoms with E-state index in [0.29, 0.717) is 19.3 Å². The smallest absolute Gasteiger partial charge is 0.306 e. The summed E-state index contributed by atoms with van der Waals surface area (Å²) in [7, 11) is 0. The van der Waals surface area contributed by atoms with Crippen LogP contribution in [0.25, 0.3) is 0 Å². The zero-order valence-electron chi connectivity index (χ0n) is 48.9. The Kier molecular flexibility index (Phi) is 59.7. The van der Waals surface area contributed by atoms with Crippen molar-refractivity contribution in [3.63, 3.8) is 0 Å². The summed E-state index contributed by atoms with van der Waals surface area (Å²) in [6.07, 6.45) is 77.1. The summed E-state index contributed by atoms with van der Waals surface area (Å²) < 4.78 is 16.9. The van der Waals surface area contributed by atoms with Crippen LogP contribution in [0, 0.1) is 0 Å². The number of hydrogen-bond acceptors (Lipinski definition) is 6. The van der Waals surface area contributed by atoms with E-state index in [9.17, 15) is 14.4 Å².